The van der Waals surface area contributed by atoms with Gasteiger partial charge < -0.3 is 4.74 Å². The van der Waals surface area contributed by atoms with E-state index < -0.39 is 23.2 Å². The van der Waals surface area contributed by atoms with E-state index in [-0.39, 0.29) is 17.2 Å². The zero-order valence-electron chi connectivity index (χ0n) is 10.1. The molecule has 0 aliphatic heterocycles. The van der Waals surface area contributed by atoms with Crippen LogP contribution in [0.25, 0.3) is 0 Å². The topological polar surface area (TPSA) is 9.23 Å². The molecule has 1 nitrogen and oxygen atoms in total. The third kappa shape index (κ3) is 3.27. The van der Waals surface area contributed by atoms with Gasteiger partial charge in [-0.15, -0.1) is 0 Å². The van der Waals surface area contributed by atoms with Gasteiger partial charge in [0.15, 0.2) is 17.4 Å². The number of ether oxygens (including phenoxy) is 1. The van der Waals surface area contributed by atoms with E-state index in [1.165, 1.54) is 18.2 Å². The van der Waals surface area contributed by atoms with Crippen LogP contribution < -0.4 is 4.74 Å². The maximum atomic E-state index is 13.7. The van der Waals surface area contributed by atoms with Crippen molar-refractivity contribution in [2.24, 2.45) is 0 Å². The average molecular weight is 366 g/mol. The molecule has 0 aromatic heterocycles. The summed E-state index contributed by atoms with van der Waals surface area (Å²) in [6, 6.07) is 6.66. The van der Waals surface area contributed by atoms with Gasteiger partial charge in [-0.25, -0.2) is 13.2 Å². The Labute approximate surface area is 127 Å². The maximum absolute atomic E-state index is 13.7. The Morgan fingerprint density at radius 2 is 1.75 bits per heavy atom. The van der Waals surface area contributed by atoms with Crippen LogP contribution in [0.4, 0.5) is 13.2 Å². The largest absolute Gasteiger partial charge is 0.483 e. The van der Waals surface area contributed by atoms with Crippen LogP contribution >= 0.6 is 27.5 Å². The van der Waals surface area contributed by atoms with Gasteiger partial charge in [-0.05, 0) is 23.8 Å². The second kappa shape index (κ2) is 6.50. The van der Waals surface area contributed by atoms with Crippen LogP contribution in [0, 0.1) is 17.5 Å². The molecule has 0 aliphatic carbocycles. The lowest BCUT2D eigenvalue weighted by molar-refractivity contribution is 0.269. The molecule has 2 aromatic rings. The van der Waals surface area contributed by atoms with Crippen molar-refractivity contribution in [3.63, 3.8) is 0 Å². The highest BCUT2D eigenvalue weighted by Crippen LogP contribution is 2.26. The van der Waals surface area contributed by atoms with Gasteiger partial charge >= 0.3 is 0 Å². The molecule has 0 atom stereocenters. The summed E-state index contributed by atoms with van der Waals surface area (Å²) in [5.41, 5.74) is 0.571. The van der Waals surface area contributed by atoms with Crippen molar-refractivity contribution in [1.82, 2.24) is 0 Å². The smallest absolute Gasteiger partial charge is 0.191 e. The Morgan fingerprint density at radius 3 is 2.35 bits per heavy atom. The van der Waals surface area contributed by atoms with E-state index in [2.05, 4.69) is 15.9 Å². The van der Waals surface area contributed by atoms with Crippen LogP contribution in [0.5, 0.6) is 5.75 Å². The minimum Gasteiger partial charge on any atom is -0.483 e. The normalized spacial score (nSPS) is 10.7. The van der Waals surface area contributed by atoms with Crippen LogP contribution in [0.2, 0.25) is 5.02 Å². The van der Waals surface area contributed by atoms with E-state index in [4.69, 9.17) is 16.3 Å². The molecule has 0 bridgehead atoms. The minimum absolute atomic E-state index is 0.0679. The second-order valence-electron chi connectivity index (χ2n) is 4.02. The Morgan fingerprint density at radius 1 is 1.10 bits per heavy atom. The Balaban J connectivity index is 2.21. The lowest BCUT2D eigenvalue weighted by Gasteiger charge is -2.10. The Kier molecular flexibility index (Phi) is 4.94. The van der Waals surface area contributed by atoms with Crippen molar-refractivity contribution in [1.29, 1.82) is 0 Å². The molecule has 20 heavy (non-hydrogen) atoms. The van der Waals surface area contributed by atoms with Gasteiger partial charge in [0.2, 0.25) is 0 Å². The van der Waals surface area contributed by atoms with Crippen molar-refractivity contribution in [2.75, 3.05) is 0 Å². The van der Waals surface area contributed by atoms with Gasteiger partial charge in [0, 0.05) is 10.9 Å². The first kappa shape index (κ1) is 15.2. The maximum Gasteiger partial charge on any atom is 0.191 e. The molecule has 0 saturated heterocycles. The quantitative estimate of drug-likeness (QED) is 0.674. The molecule has 2 rings (SSSR count). The van der Waals surface area contributed by atoms with Crippen LogP contribution in [0.15, 0.2) is 30.3 Å². The molecule has 106 valence electrons. The monoisotopic (exact) mass is 364 g/mol. The fourth-order valence-electron chi connectivity index (χ4n) is 1.64. The van der Waals surface area contributed by atoms with Gasteiger partial charge in [0.1, 0.15) is 12.4 Å². The van der Waals surface area contributed by atoms with Crippen LogP contribution in [-0.2, 0) is 11.9 Å². The molecular weight excluding hydrogens is 357 g/mol. The molecule has 2 aromatic carbocycles. The summed E-state index contributed by atoms with van der Waals surface area (Å²) in [6.45, 7) is -0.312. The van der Waals surface area contributed by atoms with Gasteiger partial charge in [-0.2, -0.15) is 0 Å². The fourth-order valence-corrected chi connectivity index (χ4v) is 2.16. The van der Waals surface area contributed by atoms with Crippen molar-refractivity contribution >= 4 is 27.5 Å². The summed E-state index contributed by atoms with van der Waals surface area (Å²) in [6.07, 6.45) is 0. The molecule has 0 saturated carbocycles. The fraction of sp³-hybridized carbons (Fsp3) is 0.143. The lowest BCUT2D eigenvalue weighted by atomic mass is 10.2. The highest BCUT2D eigenvalue weighted by atomic mass is 79.9. The van der Waals surface area contributed by atoms with Crippen LogP contribution in [-0.4, -0.2) is 0 Å². The summed E-state index contributed by atoms with van der Waals surface area (Å²) in [4.78, 5) is 0. The van der Waals surface area contributed by atoms with E-state index in [9.17, 15) is 13.2 Å². The van der Waals surface area contributed by atoms with E-state index in [1.807, 2.05) is 0 Å². The average Bonchev–Trinajstić information content (AvgIpc) is 2.42. The standard InChI is InChI=1S/C14H9BrClF3O/c15-6-8-4-11(17)14(12(18)5-8)20-7-9-2-1-3-10(16)13(9)19/h1-5H,6-7H2. The van der Waals surface area contributed by atoms with Crippen molar-refractivity contribution in [2.45, 2.75) is 11.9 Å². The Bertz CT molecular complexity index is 611. The van der Waals surface area contributed by atoms with Gasteiger partial charge in [-0.1, -0.05) is 39.7 Å². The molecule has 0 aliphatic rings. The first-order valence-electron chi connectivity index (χ1n) is 5.62. The highest BCUT2D eigenvalue weighted by Gasteiger charge is 2.14. The third-order valence-corrected chi connectivity index (χ3v) is 3.56. The summed E-state index contributed by atoms with van der Waals surface area (Å²) in [5, 5.41) is 0.256. The molecule has 0 spiro atoms. The second-order valence-corrected chi connectivity index (χ2v) is 4.99. The predicted octanol–water partition coefficient (Wildman–Crippen LogP) is 5.23. The number of halogens is 5. The van der Waals surface area contributed by atoms with Gasteiger partial charge in [0.05, 0.1) is 5.02 Å². The van der Waals surface area contributed by atoms with E-state index >= 15 is 0 Å². The van der Waals surface area contributed by atoms with E-state index in [0.29, 0.717) is 10.9 Å². The molecule has 0 radical (unpaired) electrons. The van der Waals surface area contributed by atoms with Crippen molar-refractivity contribution < 1.29 is 17.9 Å². The number of alkyl halides is 1. The molecule has 6 heteroatoms. The molecule has 0 heterocycles. The lowest BCUT2D eigenvalue weighted by Crippen LogP contribution is -2.03. The zero-order valence-corrected chi connectivity index (χ0v) is 12.4. The van der Waals surface area contributed by atoms with Crippen molar-refractivity contribution in [3.05, 3.63) is 63.9 Å². The van der Waals surface area contributed by atoms with E-state index in [0.717, 1.165) is 12.1 Å². The number of hydrogen-bond donors (Lipinski definition) is 0. The van der Waals surface area contributed by atoms with Gasteiger partial charge in [-0.3, -0.25) is 0 Å². The van der Waals surface area contributed by atoms with Crippen LogP contribution in [0.3, 0.4) is 0 Å². The first-order chi connectivity index (χ1) is 9.52. The number of rotatable bonds is 4. The van der Waals surface area contributed by atoms with E-state index in [1.54, 1.807) is 0 Å². The predicted molar refractivity (Wildman–Crippen MR) is 74.7 cm³/mol. The third-order valence-electron chi connectivity index (χ3n) is 2.62. The molecule has 0 amide bonds. The van der Waals surface area contributed by atoms with Gasteiger partial charge in [0.25, 0.3) is 0 Å². The summed E-state index contributed by atoms with van der Waals surface area (Å²) in [5.74, 6) is -2.86. The Hall–Kier alpha value is -1.20. The number of hydrogen-bond acceptors (Lipinski definition) is 1. The molecule has 0 unspecified atom stereocenters. The number of benzene rings is 2. The molecule has 0 fully saturated rings. The minimum atomic E-state index is -0.832. The van der Waals surface area contributed by atoms with Crippen molar-refractivity contribution in [3.8, 4) is 5.75 Å². The SMILES string of the molecule is Fc1cc(CBr)cc(F)c1OCc1cccc(Cl)c1F. The molecular formula is C14H9BrClF3O. The summed E-state index contributed by atoms with van der Waals surface area (Å²) >= 11 is 8.72. The van der Waals surface area contributed by atoms with Crippen LogP contribution in [0.1, 0.15) is 11.1 Å². The molecule has 0 N–H and O–H groups in total. The zero-order chi connectivity index (χ0) is 14.7. The first-order valence-corrected chi connectivity index (χ1v) is 7.12. The summed E-state index contributed by atoms with van der Waals surface area (Å²) in [7, 11) is 0. The highest BCUT2D eigenvalue weighted by molar-refractivity contribution is 9.08. The summed E-state index contributed by atoms with van der Waals surface area (Å²) < 4.78 is 46.0.